The molecule has 0 saturated carbocycles. The van der Waals surface area contributed by atoms with Gasteiger partial charge in [-0.15, -0.1) is 24.0 Å². The van der Waals surface area contributed by atoms with Gasteiger partial charge in [-0.25, -0.2) is 0 Å². The number of nitrogens with zero attached hydrogens (tertiary/aromatic N) is 2. The Morgan fingerprint density at radius 1 is 1.11 bits per heavy atom. The predicted molar refractivity (Wildman–Crippen MR) is 127 cm³/mol. The van der Waals surface area contributed by atoms with Crippen molar-refractivity contribution >= 4 is 41.3 Å². The minimum absolute atomic E-state index is 0. The SMILES string of the molecule is CCN(CCCN=C(N)Nc1ccc2c(c1)OCCCO2)c1ccccc1.I. The lowest BCUT2D eigenvalue weighted by atomic mass is 10.2. The molecule has 1 heterocycles. The molecule has 2 aromatic rings. The van der Waals surface area contributed by atoms with Crippen LogP contribution in [0.3, 0.4) is 0 Å². The first-order valence-corrected chi connectivity index (χ1v) is 9.53. The van der Waals surface area contributed by atoms with Crippen molar-refractivity contribution in [2.75, 3.05) is 43.1 Å². The number of hydrogen-bond acceptors (Lipinski definition) is 4. The zero-order chi connectivity index (χ0) is 18.9. The molecule has 28 heavy (non-hydrogen) atoms. The van der Waals surface area contributed by atoms with E-state index in [0.717, 1.165) is 43.1 Å². The van der Waals surface area contributed by atoms with E-state index in [1.807, 2.05) is 24.3 Å². The summed E-state index contributed by atoms with van der Waals surface area (Å²) in [5, 5.41) is 3.12. The van der Waals surface area contributed by atoms with Crippen LogP contribution in [0.1, 0.15) is 19.8 Å². The molecule has 2 aromatic carbocycles. The number of aliphatic imine (C=N–C) groups is 1. The molecule has 3 N–H and O–H groups in total. The Kier molecular flexibility index (Phi) is 9.19. The Bertz CT molecular complexity index is 755. The highest BCUT2D eigenvalue weighted by molar-refractivity contribution is 14.0. The van der Waals surface area contributed by atoms with Gasteiger partial charge in [-0.1, -0.05) is 18.2 Å². The Morgan fingerprint density at radius 3 is 2.61 bits per heavy atom. The van der Waals surface area contributed by atoms with E-state index < -0.39 is 0 Å². The minimum atomic E-state index is 0. The van der Waals surface area contributed by atoms with Gasteiger partial charge in [-0.05, 0) is 37.6 Å². The van der Waals surface area contributed by atoms with Crippen molar-refractivity contribution < 1.29 is 9.47 Å². The highest BCUT2D eigenvalue weighted by atomic mass is 127. The van der Waals surface area contributed by atoms with Crippen molar-refractivity contribution in [1.82, 2.24) is 0 Å². The number of benzene rings is 2. The molecule has 0 radical (unpaired) electrons. The molecule has 0 spiro atoms. The fourth-order valence-electron chi connectivity index (χ4n) is 3.00. The molecule has 1 aliphatic rings. The zero-order valence-corrected chi connectivity index (χ0v) is 18.6. The maximum absolute atomic E-state index is 6.03. The summed E-state index contributed by atoms with van der Waals surface area (Å²) in [4.78, 5) is 6.77. The number of fused-ring (bicyclic) bond motifs is 1. The van der Waals surface area contributed by atoms with Gasteiger partial charge in [-0.3, -0.25) is 4.99 Å². The molecule has 0 saturated heterocycles. The second-order valence-corrected chi connectivity index (χ2v) is 6.37. The Labute approximate surface area is 184 Å². The van der Waals surface area contributed by atoms with Gasteiger partial charge in [-0.2, -0.15) is 0 Å². The van der Waals surface area contributed by atoms with Crippen molar-refractivity contribution in [3.8, 4) is 11.5 Å². The van der Waals surface area contributed by atoms with Gasteiger partial charge in [0.2, 0.25) is 0 Å². The normalized spacial score (nSPS) is 13.2. The van der Waals surface area contributed by atoms with E-state index in [2.05, 4.69) is 46.4 Å². The molecule has 0 bridgehead atoms. The Morgan fingerprint density at radius 2 is 1.86 bits per heavy atom. The number of halogens is 1. The van der Waals surface area contributed by atoms with Crippen molar-refractivity contribution in [3.05, 3.63) is 48.5 Å². The molecular weight excluding hydrogens is 467 g/mol. The van der Waals surface area contributed by atoms with Gasteiger partial charge in [0.05, 0.1) is 13.2 Å². The summed E-state index contributed by atoms with van der Waals surface area (Å²) in [6, 6.07) is 16.1. The first-order valence-electron chi connectivity index (χ1n) is 9.53. The van der Waals surface area contributed by atoms with Crippen LogP contribution in [0.25, 0.3) is 0 Å². The van der Waals surface area contributed by atoms with Crippen molar-refractivity contribution in [2.45, 2.75) is 19.8 Å². The molecule has 0 fully saturated rings. The van der Waals surface area contributed by atoms with Gasteiger partial charge in [0.1, 0.15) is 0 Å². The van der Waals surface area contributed by atoms with Crippen LogP contribution in [0, 0.1) is 0 Å². The minimum Gasteiger partial charge on any atom is -0.490 e. The summed E-state index contributed by atoms with van der Waals surface area (Å²) in [5.74, 6) is 1.92. The quantitative estimate of drug-likeness (QED) is 0.261. The first-order chi connectivity index (χ1) is 13.3. The molecule has 0 amide bonds. The predicted octanol–water partition coefficient (Wildman–Crippen LogP) is 4.11. The molecule has 152 valence electrons. The number of anilines is 2. The van der Waals surface area contributed by atoms with Crippen LogP contribution in [-0.4, -0.2) is 38.8 Å². The summed E-state index contributed by atoms with van der Waals surface area (Å²) in [7, 11) is 0. The maximum atomic E-state index is 6.03. The van der Waals surface area contributed by atoms with E-state index in [9.17, 15) is 0 Å². The fraction of sp³-hybridized carbons (Fsp3) is 0.381. The van der Waals surface area contributed by atoms with E-state index in [0.29, 0.717) is 25.7 Å². The average Bonchev–Trinajstić information content (AvgIpc) is 2.94. The van der Waals surface area contributed by atoms with Crippen LogP contribution in [0.4, 0.5) is 11.4 Å². The topological polar surface area (TPSA) is 72.1 Å². The third kappa shape index (κ3) is 6.47. The molecule has 3 rings (SSSR count). The molecule has 0 unspecified atom stereocenters. The molecule has 6 nitrogen and oxygen atoms in total. The highest BCUT2D eigenvalue weighted by Crippen LogP contribution is 2.32. The fourth-order valence-corrected chi connectivity index (χ4v) is 3.00. The molecule has 1 aliphatic heterocycles. The standard InChI is InChI=1S/C21H28N4O2.HI/c1-2-25(18-8-4-3-5-9-18)13-6-12-23-21(22)24-17-10-11-19-20(16-17)27-15-7-14-26-19;/h3-5,8-11,16H,2,6-7,12-15H2,1H3,(H3,22,23,24);1H. The largest absolute Gasteiger partial charge is 0.490 e. The number of nitrogens with one attached hydrogen (secondary N) is 1. The second kappa shape index (κ2) is 11.6. The van der Waals surface area contributed by atoms with Gasteiger partial charge >= 0.3 is 0 Å². The van der Waals surface area contributed by atoms with E-state index in [4.69, 9.17) is 15.2 Å². The van der Waals surface area contributed by atoms with Gasteiger partial charge in [0, 0.05) is 43.5 Å². The Hall–Kier alpha value is -2.16. The third-order valence-corrected chi connectivity index (χ3v) is 4.39. The molecular formula is C21H29IN4O2. The summed E-state index contributed by atoms with van der Waals surface area (Å²) in [5.41, 5.74) is 8.11. The second-order valence-electron chi connectivity index (χ2n) is 6.37. The summed E-state index contributed by atoms with van der Waals surface area (Å²) < 4.78 is 11.3. The maximum Gasteiger partial charge on any atom is 0.193 e. The van der Waals surface area contributed by atoms with Crippen LogP contribution in [0.2, 0.25) is 0 Å². The highest BCUT2D eigenvalue weighted by Gasteiger charge is 2.11. The number of ether oxygens (including phenoxy) is 2. The van der Waals surface area contributed by atoms with E-state index >= 15 is 0 Å². The van der Waals surface area contributed by atoms with Crippen molar-refractivity contribution in [2.24, 2.45) is 10.7 Å². The lowest BCUT2D eigenvalue weighted by molar-refractivity contribution is 0.297. The number of para-hydroxylation sites is 1. The van der Waals surface area contributed by atoms with Crippen LogP contribution in [0.5, 0.6) is 11.5 Å². The molecule has 0 aliphatic carbocycles. The van der Waals surface area contributed by atoms with Crippen LogP contribution in [0.15, 0.2) is 53.5 Å². The lowest BCUT2D eigenvalue weighted by Gasteiger charge is -2.22. The van der Waals surface area contributed by atoms with Gasteiger partial charge < -0.3 is 25.4 Å². The summed E-state index contributed by atoms with van der Waals surface area (Å²) >= 11 is 0. The third-order valence-electron chi connectivity index (χ3n) is 4.39. The first kappa shape index (κ1) is 22.1. The van der Waals surface area contributed by atoms with E-state index in [1.165, 1.54) is 5.69 Å². The Balaban J connectivity index is 0.00000280. The van der Waals surface area contributed by atoms with Gasteiger partial charge in [0.25, 0.3) is 0 Å². The van der Waals surface area contributed by atoms with Crippen LogP contribution >= 0.6 is 24.0 Å². The molecule has 0 atom stereocenters. The van der Waals surface area contributed by atoms with Crippen molar-refractivity contribution in [1.29, 1.82) is 0 Å². The van der Waals surface area contributed by atoms with Gasteiger partial charge in [0.15, 0.2) is 17.5 Å². The average molecular weight is 496 g/mol. The lowest BCUT2D eigenvalue weighted by Crippen LogP contribution is -2.26. The molecule has 0 aromatic heterocycles. The number of rotatable bonds is 7. The monoisotopic (exact) mass is 496 g/mol. The van der Waals surface area contributed by atoms with Crippen LogP contribution in [-0.2, 0) is 0 Å². The zero-order valence-electron chi connectivity index (χ0n) is 16.3. The number of hydrogen-bond donors (Lipinski definition) is 2. The smallest absolute Gasteiger partial charge is 0.193 e. The summed E-state index contributed by atoms with van der Waals surface area (Å²) in [6.07, 6.45) is 1.82. The number of guanidine groups is 1. The summed E-state index contributed by atoms with van der Waals surface area (Å²) in [6.45, 7) is 6.10. The van der Waals surface area contributed by atoms with Crippen LogP contribution < -0.4 is 25.4 Å². The van der Waals surface area contributed by atoms with Crippen molar-refractivity contribution in [3.63, 3.8) is 0 Å². The van der Waals surface area contributed by atoms with E-state index in [-0.39, 0.29) is 24.0 Å². The number of nitrogens with two attached hydrogens (primary N) is 1. The molecule has 7 heteroatoms. The van der Waals surface area contributed by atoms with E-state index in [1.54, 1.807) is 0 Å².